The van der Waals surface area contributed by atoms with Gasteiger partial charge in [0.15, 0.2) is 0 Å². The number of hydrogen-bond acceptors (Lipinski definition) is 3. The number of hydrogen-bond donors (Lipinski definition) is 0. The molecule has 15 heavy (non-hydrogen) atoms. The van der Waals surface area contributed by atoms with Gasteiger partial charge in [-0.15, -0.1) is 0 Å². The third kappa shape index (κ3) is 1.82. The van der Waals surface area contributed by atoms with Crippen LogP contribution < -0.4 is 0 Å². The van der Waals surface area contributed by atoms with Gasteiger partial charge in [-0.1, -0.05) is 13.0 Å². The Morgan fingerprint density at radius 1 is 1.60 bits per heavy atom. The SMILES string of the molecule is CC1CN(C(=O)c2cccc(C#N)n2)C1. The molecule has 1 fully saturated rings. The summed E-state index contributed by atoms with van der Waals surface area (Å²) in [5.74, 6) is 0.498. The van der Waals surface area contributed by atoms with Crippen LogP contribution in [0.4, 0.5) is 0 Å². The van der Waals surface area contributed by atoms with Crippen molar-refractivity contribution in [2.75, 3.05) is 13.1 Å². The van der Waals surface area contributed by atoms with Crippen molar-refractivity contribution < 1.29 is 4.79 Å². The number of carbonyl (C=O) groups is 1. The number of likely N-dealkylation sites (tertiary alicyclic amines) is 1. The van der Waals surface area contributed by atoms with Crippen molar-refractivity contribution >= 4 is 5.91 Å². The molecule has 0 spiro atoms. The third-order valence-electron chi connectivity index (χ3n) is 2.43. The molecule has 0 N–H and O–H groups in total. The minimum atomic E-state index is -0.0785. The summed E-state index contributed by atoms with van der Waals surface area (Å²) in [6.07, 6.45) is 0. The number of nitrogens with zero attached hydrogens (tertiary/aromatic N) is 3. The molecule has 1 amide bonds. The first kappa shape index (κ1) is 9.66. The molecule has 4 heteroatoms. The second-order valence-corrected chi connectivity index (χ2v) is 3.84. The van der Waals surface area contributed by atoms with Crippen LogP contribution in [0.2, 0.25) is 0 Å². The molecule has 1 aliphatic rings. The van der Waals surface area contributed by atoms with Crippen LogP contribution >= 0.6 is 0 Å². The highest BCUT2D eigenvalue weighted by Gasteiger charge is 2.28. The van der Waals surface area contributed by atoms with Crippen LogP contribution in [-0.2, 0) is 0 Å². The fourth-order valence-electron chi connectivity index (χ4n) is 1.64. The number of amides is 1. The molecule has 0 saturated carbocycles. The normalized spacial score (nSPS) is 15.6. The average Bonchev–Trinajstić information content (AvgIpc) is 2.24. The molecule has 1 aromatic rings. The molecule has 0 bridgehead atoms. The highest BCUT2D eigenvalue weighted by atomic mass is 16.2. The lowest BCUT2D eigenvalue weighted by Crippen LogP contribution is -2.48. The molecule has 1 saturated heterocycles. The van der Waals surface area contributed by atoms with Gasteiger partial charge < -0.3 is 4.90 Å². The van der Waals surface area contributed by atoms with E-state index < -0.39 is 0 Å². The Bertz CT molecular complexity index is 430. The van der Waals surface area contributed by atoms with E-state index in [0.717, 1.165) is 13.1 Å². The van der Waals surface area contributed by atoms with Gasteiger partial charge in [-0.3, -0.25) is 4.79 Å². The predicted molar refractivity (Wildman–Crippen MR) is 54.0 cm³/mol. The van der Waals surface area contributed by atoms with Gasteiger partial charge in [0, 0.05) is 13.1 Å². The quantitative estimate of drug-likeness (QED) is 0.682. The molecule has 0 aliphatic carbocycles. The molecule has 4 nitrogen and oxygen atoms in total. The topological polar surface area (TPSA) is 57.0 Å². The van der Waals surface area contributed by atoms with Gasteiger partial charge in [0.1, 0.15) is 17.5 Å². The average molecular weight is 201 g/mol. The van der Waals surface area contributed by atoms with Crippen molar-refractivity contribution in [3.63, 3.8) is 0 Å². The number of pyridine rings is 1. The molecule has 76 valence electrons. The second kappa shape index (κ2) is 3.70. The van der Waals surface area contributed by atoms with Crippen molar-refractivity contribution in [1.82, 2.24) is 9.88 Å². The van der Waals surface area contributed by atoms with Crippen molar-refractivity contribution in [3.05, 3.63) is 29.6 Å². The molecule has 0 unspecified atom stereocenters. The first-order chi connectivity index (χ1) is 7.20. The van der Waals surface area contributed by atoms with E-state index in [-0.39, 0.29) is 11.6 Å². The molecule has 0 atom stereocenters. The molecular formula is C11H11N3O. The smallest absolute Gasteiger partial charge is 0.272 e. The highest BCUT2D eigenvalue weighted by molar-refractivity contribution is 5.92. The van der Waals surface area contributed by atoms with Crippen LogP contribution in [0.3, 0.4) is 0 Å². The van der Waals surface area contributed by atoms with E-state index in [1.165, 1.54) is 0 Å². The maximum atomic E-state index is 11.8. The number of carbonyl (C=O) groups excluding carboxylic acids is 1. The van der Waals surface area contributed by atoms with Crippen molar-refractivity contribution in [1.29, 1.82) is 5.26 Å². The van der Waals surface area contributed by atoms with Crippen molar-refractivity contribution in [2.45, 2.75) is 6.92 Å². The van der Waals surface area contributed by atoms with Crippen LogP contribution in [0.15, 0.2) is 18.2 Å². The minimum Gasteiger partial charge on any atom is -0.337 e. The van der Waals surface area contributed by atoms with E-state index in [9.17, 15) is 4.79 Å². The van der Waals surface area contributed by atoms with E-state index in [2.05, 4.69) is 11.9 Å². The van der Waals surface area contributed by atoms with E-state index in [4.69, 9.17) is 5.26 Å². The van der Waals surface area contributed by atoms with Crippen LogP contribution in [0.5, 0.6) is 0 Å². The Morgan fingerprint density at radius 3 is 2.93 bits per heavy atom. The summed E-state index contributed by atoms with van der Waals surface area (Å²) in [7, 11) is 0. The van der Waals surface area contributed by atoms with E-state index >= 15 is 0 Å². The zero-order valence-electron chi connectivity index (χ0n) is 8.47. The number of rotatable bonds is 1. The first-order valence-corrected chi connectivity index (χ1v) is 4.87. The van der Waals surface area contributed by atoms with Crippen LogP contribution in [0.25, 0.3) is 0 Å². The minimum absolute atomic E-state index is 0.0785. The van der Waals surface area contributed by atoms with Crippen LogP contribution in [-0.4, -0.2) is 28.9 Å². The van der Waals surface area contributed by atoms with Crippen LogP contribution in [0, 0.1) is 17.2 Å². The monoisotopic (exact) mass is 201 g/mol. The first-order valence-electron chi connectivity index (χ1n) is 4.87. The Labute approximate surface area is 88.1 Å². The summed E-state index contributed by atoms with van der Waals surface area (Å²) in [6.45, 7) is 3.68. The number of nitriles is 1. The van der Waals surface area contributed by atoms with E-state index in [1.807, 2.05) is 6.07 Å². The summed E-state index contributed by atoms with van der Waals surface area (Å²) < 4.78 is 0. The fraction of sp³-hybridized carbons (Fsp3) is 0.364. The molecule has 1 aliphatic heterocycles. The molecule has 2 heterocycles. The molecule has 1 aromatic heterocycles. The predicted octanol–water partition coefficient (Wildman–Crippen LogP) is 1.05. The molecule has 0 radical (unpaired) electrons. The summed E-state index contributed by atoms with van der Waals surface area (Å²) >= 11 is 0. The van der Waals surface area contributed by atoms with Crippen molar-refractivity contribution in [3.8, 4) is 6.07 Å². The van der Waals surface area contributed by atoms with Gasteiger partial charge in [-0.05, 0) is 18.1 Å². The number of aromatic nitrogens is 1. The van der Waals surface area contributed by atoms with Crippen LogP contribution in [0.1, 0.15) is 23.1 Å². The lowest BCUT2D eigenvalue weighted by atomic mass is 10.0. The van der Waals surface area contributed by atoms with Gasteiger partial charge in [0.2, 0.25) is 0 Å². The summed E-state index contributed by atoms with van der Waals surface area (Å²) in [4.78, 5) is 17.5. The van der Waals surface area contributed by atoms with Gasteiger partial charge >= 0.3 is 0 Å². The fourth-order valence-corrected chi connectivity index (χ4v) is 1.64. The second-order valence-electron chi connectivity index (χ2n) is 3.84. The Balaban J connectivity index is 2.16. The molecule has 2 rings (SSSR count). The summed E-state index contributed by atoms with van der Waals surface area (Å²) in [5, 5.41) is 8.66. The maximum absolute atomic E-state index is 11.8. The Morgan fingerprint density at radius 2 is 2.33 bits per heavy atom. The highest BCUT2D eigenvalue weighted by Crippen LogP contribution is 2.16. The van der Waals surface area contributed by atoms with Gasteiger partial charge in [0.05, 0.1) is 0 Å². The van der Waals surface area contributed by atoms with E-state index in [0.29, 0.717) is 11.6 Å². The zero-order chi connectivity index (χ0) is 10.8. The van der Waals surface area contributed by atoms with Gasteiger partial charge in [0.25, 0.3) is 5.91 Å². The zero-order valence-corrected chi connectivity index (χ0v) is 8.47. The standard InChI is InChI=1S/C11H11N3O/c1-8-6-14(7-8)11(15)10-4-2-3-9(5-12)13-10/h2-4,8H,6-7H2,1H3. The third-order valence-corrected chi connectivity index (χ3v) is 2.43. The lowest BCUT2D eigenvalue weighted by Gasteiger charge is -2.36. The Hall–Kier alpha value is -1.89. The van der Waals surface area contributed by atoms with E-state index in [1.54, 1.807) is 23.1 Å². The maximum Gasteiger partial charge on any atom is 0.272 e. The van der Waals surface area contributed by atoms with Gasteiger partial charge in [-0.2, -0.15) is 5.26 Å². The largest absolute Gasteiger partial charge is 0.337 e. The van der Waals surface area contributed by atoms with Crippen molar-refractivity contribution in [2.24, 2.45) is 5.92 Å². The van der Waals surface area contributed by atoms with Gasteiger partial charge in [-0.25, -0.2) is 4.98 Å². The lowest BCUT2D eigenvalue weighted by molar-refractivity contribution is 0.0524. The Kier molecular flexibility index (Phi) is 2.38. The molecule has 0 aromatic carbocycles. The molecular weight excluding hydrogens is 190 g/mol. The summed E-state index contributed by atoms with van der Waals surface area (Å²) in [6, 6.07) is 6.84. The summed E-state index contributed by atoms with van der Waals surface area (Å²) in [5.41, 5.74) is 0.648.